The Morgan fingerprint density at radius 2 is 2.00 bits per heavy atom. The van der Waals surface area contributed by atoms with Crippen molar-refractivity contribution in [1.29, 1.82) is 5.26 Å². The van der Waals surface area contributed by atoms with Crippen LogP contribution in [0.1, 0.15) is 6.42 Å². The third-order valence-electron chi connectivity index (χ3n) is 0.224. The number of hydrogen-bond donors (Lipinski definition) is 1. The van der Waals surface area contributed by atoms with Crippen LogP contribution in [0.4, 0.5) is 0 Å². The molecule has 0 aliphatic heterocycles. The molecule has 0 aliphatic rings. The molecular weight excluding hydrogens is 200 g/mol. The van der Waals surface area contributed by atoms with Crippen LogP contribution in [0, 0.1) is 11.3 Å². The fourth-order valence-electron chi connectivity index (χ4n) is 0.0500. The summed E-state index contributed by atoms with van der Waals surface area (Å²) in [7, 11) is 0. The summed E-state index contributed by atoms with van der Waals surface area (Å²) in [6.07, 6.45) is 0.250. The van der Waals surface area contributed by atoms with Crippen molar-refractivity contribution in [3.8, 4) is 6.07 Å². The molecule has 0 heterocycles. The van der Waals surface area contributed by atoms with Crippen LogP contribution in [0.25, 0.3) is 0 Å². The van der Waals surface area contributed by atoms with Crippen LogP contribution in [0.2, 0.25) is 0 Å². The van der Waals surface area contributed by atoms with Gasteiger partial charge in [0, 0.05) is 0 Å². The zero-order chi connectivity index (χ0) is 4.12. The zero-order valence-electron chi connectivity index (χ0n) is 4.19. The van der Waals surface area contributed by atoms with Gasteiger partial charge in [-0.25, -0.2) is 0 Å². The van der Waals surface area contributed by atoms with Crippen LogP contribution < -0.4 is 42.8 Å². The summed E-state index contributed by atoms with van der Waals surface area (Å²) < 4.78 is 0. The number of nitriles is 1. The van der Waals surface area contributed by atoms with Crippen molar-refractivity contribution in [1.82, 2.24) is 0 Å². The van der Waals surface area contributed by atoms with Gasteiger partial charge in [0.15, 0.2) is 0 Å². The second-order valence-corrected chi connectivity index (χ2v) is 0.632. The minimum Gasteiger partial charge on any atom is -1.00 e. The summed E-state index contributed by atoms with van der Waals surface area (Å²) in [6.45, 7) is -0.0174. The molecule has 0 spiro atoms. The van der Waals surface area contributed by atoms with E-state index in [4.69, 9.17) is 10.4 Å². The van der Waals surface area contributed by atoms with Gasteiger partial charge in [-0.05, 0) is 0 Å². The quantitative estimate of drug-likeness (QED) is 0.342. The SMILES string of the molecule is N#CCCO.[I-].[Li+]. The van der Waals surface area contributed by atoms with E-state index in [1.807, 2.05) is 0 Å². The molecule has 0 aromatic rings. The van der Waals surface area contributed by atoms with E-state index in [-0.39, 0.29) is 55.9 Å². The number of aliphatic hydroxyl groups excluding tert-OH is 1. The van der Waals surface area contributed by atoms with Crippen molar-refractivity contribution >= 4 is 0 Å². The molecule has 0 aliphatic carbocycles. The van der Waals surface area contributed by atoms with Crippen LogP contribution in [-0.4, -0.2) is 11.7 Å². The zero-order valence-corrected chi connectivity index (χ0v) is 6.34. The summed E-state index contributed by atoms with van der Waals surface area (Å²) in [4.78, 5) is 0. The predicted octanol–water partition coefficient (Wildman–Crippen LogP) is -6.10. The molecule has 0 amide bonds. The molecule has 36 valence electrons. The molecular formula is C3H5ILiNO. The average molecular weight is 205 g/mol. The van der Waals surface area contributed by atoms with Gasteiger partial charge in [-0.1, -0.05) is 0 Å². The Bertz CT molecular complexity index is 53.4. The van der Waals surface area contributed by atoms with Crippen molar-refractivity contribution in [2.45, 2.75) is 6.42 Å². The Balaban J connectivity index is -0.0000000800. The molecule has 0 radical (unpaired) electrons. The van der Waals surface area contributed by atoms with Gasteiger partial charge in [0.05, 0.1) is 19.1 Å². The van der Waals surface area contributed by atoms with Gasteiger partial charge >= 0.3 is 18.9 Å². The largest absolute Gasteiger partial charge is 1.00 e. The first-order chi connectivity index (χ1) is 2.41. The number of aliphatic hydroxyl groups is 1. The van der Waals surface area contributed by atoms with Crippen molar-refractivity contribution in [3.05, 3.63) is 0 Å². The van der Waals surface area contributed by atoms with E-state index in [0.717, 1.165) is 0 Å². The summed E-state index contributed by atoms with van der Waals surface area (Å²) in [5, 5.41) is 15.5. The second-order valence-electron chi connectivity index (χ2n) is 0.632. The maximum atomic E-state index is 7.84. The van der Waals surface area contributed by atoms with Crippen LogP contribution in [0.5, 0.6) is 0 Å². The van der Waals surface area contributed by atoms with Crippen LogP contribution in [0.3, 0.4) is 0 Å². The first-order valence-corrected chi connectivity index (χ1v) is 1.39. The first kappa shape index (κ1) is 15.7. The van der Waals surface area contributed by atoms with Gasteiger partial charge in [0.25, 0.3) is 0 Å². The average Bonchev–Trinajstić information content (AvgIpc) is 1.41. The molecule has 0 rings (SSSR count). The van der Waals surface area contributed by atoms with Gasteiger partial charge in [-0.15, -0.1) is 0 Å². The van der Waals surface area contributed by atoms with E-state index in [2.05, 4.69) is 0 Å². The van der Waals surface area contributed by atoms with E-state index in [1.54, 1.807) is 6.07 Å². The van der Waals surface area contributed by atoms with Gasteiger partial charge in [0.2, 0.25) is 0 Å². The standard InChI is InChI=1S/C3H5NO.HI.Li/c4-2-1-3-5;;/h5H,1,3H2;1H;/q;;+1/p-1. The van der Waals surface area contributed by atoms with E-state index in [1.165, 1.54) is 0 Å². The molecule has 2 nitrogen and oxygen atoms in total. The van der Waals surface area contributed by atoms with E-state index >= 15 is 0 Å². The topological polar surface area (TPSA) is 44.0 Å². The molecule has 0 bridgehead atoms. The first-order valence-electron chi connectivity index (χ1n) is 1.39. The summed E-state index contributed by atoms with van der Waals surface area (Å²) in [5.74, 6) is 0. The minimum atomic E-state index is -0.0174. The number of nitrogens with zero attached hydrogens (tertiary/aromatic N) is 1. The molecule has 0 atom stereocenters. The Kier molecular flexibility index (Phi) is 35.5. The van der Waals surface area contributed by atoms with Crippen molar-refractivity contribution in [3.63, 3.8) is 0 Å². The number of hydrogen-bond acceptors (Lipinski definition) is 2. The Hall–Kier alpha value is 0.777. The van der Waals surface area contributed by atoms with Crippen LogP contribution in [0.15, 0.2) is 0 Å². The molecule has 0 saturated heterocycles. The smallest absolute Gasteiger partial charge is 1.00 e. The number of rotatable bonds is 1. The molecule has 0 fully saturated rings. The van der Waals surface area contributed by atoms with Gasteiger partial charge < -0.3 is 29.1 Å². The molecule has 0 aromatic heterocycles. The Morgan fingerprint density at radius 3 is 2.00 bits per heavy atom. The van der Waals surface area contributed by atoms with Crippen molar-refractivity contribution in [2.75, 3.05) is 6.61 Å². The summed E-state index contributed by atoms with van der Waals surface area (Å²) in [5.41, 5.74) is 0. The molecule has 0 aromatic carbocycles. The molecule has 1 N–H and O–H groups in total. The van der Waals surface area contributed by atoms with Gasteiger partial charge in [-0.2, -0.15) is 5.26 Å². The number of halogens is 1. The fraction of sp³-hybridized carbons (Fsp3) is 0.667. The second kappa shape index (κ2) is 15.9. The fourth-order valence-corrected chi connectivity index (χ4v) is 0.0500. The van der Waals surface area contributed by atoms with Gasteiger partial charge in [-0.3, -0.25) is 0 Å². The van der Waals surface area contributed by atoms with E-state index in [0.29, 0.717) is 0 Å². The van der Waals surface area contributed by atoms with Crippen LogP contribution in [-0.2, 0) is 0 Å². The van der Waals surface area contributed by atoms with Crippen LogP contribution >= 0.6 is 0 Å². The monoisotopic (exact) mass is 205 g/mol. The molecule has 4 heteroatoms. The van der Waals surface area contributed by atoms with Crippen molar-refractivity contribution < 1.29 is 47.9 Å². The maximum absolute atomic E-state index is 7.84. The Morgan fingerprint density at radius 1 is 1.57 bits per heavy atom. The normalized spacial score (nSPS) is 4.57. The summed E-state index contributed by atoms with van der Waals surface area (Å²) in [6, 6.07) is 1.77. The molecule has 0 saturated carbocycles. The molecule has 0 unspecified atom stereocenters. The maximum Gasteiger partial charge on any atom is 1.00 e. The van der Waals surface area contributed by atoms with E-state index < -0.39 is 0 Å². The van der Waals surface area contributed by atoms with Gasteiger partial charge in [0.1, 0.15) is 0 Å². The predicted molar refractivity (Wildman–Crippen MR) is 17.3 cm³/mol. The van der Waals surface area contributed by atoms with E-state index in [9.17, 15) is 0 Å². The third kappa shape index (κ3) is 20.1. The summed E-state index contributed by atoms with van der Waals surface area (Å²) >= 11 is 0. The minimum absolute atomic E-state index is 0. The molecule has 7 heavy (non-hydrogen) atoms. The van der Waals surface area contributed by atoms with Crippen molar-refractivity contribution in [2.24, 2.45) is 0 Å². The Labute approximate surface area is 72.1 Å². The third-order valence-corrected chi connectivity index (χ3v) is 0.224.